The molecule has 1 heterocycles. The summed E-state index contributed by atoms with van der Waals surface area (Å²) >= 11 is 1.77. The third-order valence-electron chi connectivity index (χ3n) is 4.14. The zero-order valence-corrected chi connectivity index (χ0v) is 15.4. The molecule has 24 heavy (non-hydrogen) atoms. The lowest BCUT2D eigenvalue weighted by atomic mass is 10.1. The lowest BCUT2D eigenvalue weighted by molar-refractivity contribution is 0.129. The molecular weight excluding hydrogens is 314 g/mol. The van der Waals surface area contributed by atoms with Crippen LogP contribution in [0.4, 0.5) is 0 Å². The van der Waals surface area contributed by atoms with Gasteiger partial charge in [-0.05, 0) is 49.4 Å². The van der Waals surface area contributed by atoms with Gasteiger partial charge in [0.2, 0.25) is 0 Å². The minimum absolute atomic E-state index is 0.860. The number of aromatic nitrogens is 1. The fourth-order valence-electron chi connectivity index (χ4n) is 2.70. The molecule has 3 aromatic rings. The van der Waals surface area contributed by atoms with Crippen molar-refractivity contribution < 1.29 is 4.74 Å². The van der Waals surface area contributed by atoms with Crippen LogP contribution < -0.4 is 0 Å². The molecule has 0 bridgehead atoms. The maximum Gasteiger partial charge on any atom is 0.124 e. The molecule has 0 N–H and O–H groups in total. The predicted molar refractivity (Wildman–Crippen MR) is 104 cm³/mol. The van der Waals surface area contributed by atoms with Crippen molar-refractivity contribution in [3.05, 3.63) is 53.6 Å². The van der Waals surface area contributed by atoms with Crippen LogP contribution in [0.15, 0.2) is 42.5 Å². The quantitative estimate of drug-likeness (QED) is 0.468. The molecule has 0 unspecified atom stereocenters. The van der Waals surface area contributed by atoms with Gasteiger partial charge in [0.1, 0.15) is 5.01 Å². The van der Waals surface area contributed by atoms with E-state index in [4.69, 9.17) is 9.72 Å². The van der Waals surface area contributed by atoms with Gasteiger partial charge in [0, 0.05) is 18.8 Å². The summed E-state index contributed by atoms with van der Waals surface area (Å²) < 4.78 is 6.89. The number of rotatable bonds is 8. The average molecular weight is 340 g/mol. The number of unbranched alkanes of at least 4 members (excludes halogenated alkanes) is 1. The molecule has 3 rings (SSSR count). The Bertz CT molecular complexity index is 776. The number of thiazole rings is 1. The van der Waals surface area contributed by atoms with E-state index in [1.165, 1.54) is 27.8 Å². The topological polar surface area (TPSA) is 22.1 Å². The van der Waals surface area contributed by atoms with Crippen molar-refractivity contribution in [2.24, 2.45) is 0 Å². The molecule has 0 saturated heterocycles. The number of nitrogens with zero attached hydrogens (tertiary/aromatic N) is 1. The van der Waals surface area contributed by atoms with Crippen molar-refractivity contribution in [2.45, 2.75) is 39.5 Å². The zero-order chi connectivity index (χ0) is 16.8. The summed E-state index contributed by atoms with van der Waals surface area (Å²) in [6.07, 6.45) is 4.53. The molecule has 0 amide bonds. The minimum Gasteiger partial charge on any atom is -0.381 e. The highest BCUT2D eigenvalue weighted by molar-refractivity contribution is 7.21. The van der Waals surface area contributed by atoms with Gasteiger partial charge in [-0.25, -0.2) is 4.98 Å². The summed E-state index contributed by atoms with van der Waals surface area (Å²) in [4.78, 5) is 4.76. The second kappa shape index (κ2) is 8.41. The molecule has 2 nitrogen and oxygen atoms in total. The first-order valence-electron chi connectivity index (χ1n) is 8.80. The molecule has 0 spiro atoms. The first-order valence-corrected chi connectivity index (χ1v) is 9.62. The maximum atomic E-state index is 5.62. The summed E-state index contributed by atoms with van der Waals surface area (Å²) in [5.74, 6) is 0. The third kappa shape index (κ3) is 4.43. The van der Waals surface area contributed by atoms with Crippen LogP contribution in [0.2, 0.25) is 0 Å². The predicted octanol–water partition coefficient (Wildman–Crippen LogP) is 6.02. The first-order chi connectivity index (χ1) is 11.8. The van der Waals surface area contributed by atoms with Crippen molar-refractivity contribution in [2.75, 3.05) is 13.2 Å². The summed E-state index contributed by atoms with van der Waals surface area (Å²) in [5, 5.41) is 1.10. The van der Waals surface area contributed by atoms with Gasteiger partial charge in [-0.2, -0.15) is 0 Å². The highest BCUT2D eigenvalue weighted by Gasteiger charge is 2.06. The number of hydrogen-bond donors (Lipinski definition) is 0. The van der Waals surface area contributed by atoms with E-state index in [9.17, 15) is 0 Å². The van der Waals surface area contributed by atoms with Gasteiger partial charge >= 0.3 is 0 Å². The Morgan fingerprint density at radius 1 is 1.00 bits per heavy atom. The first kappa shape index (κ1) is 17.1. The Hall–Kier alpha value is -1.71. The molecule has 2 aromatic carbocycles. The van der Waals surface area contributed by atoms with Gasteiger partial charge in [-0.1, -0.05) is 43.7 Å². The molecule has 0 aliphatic carbocycles. The largest absolute Gasteiger partial charge is 0.381 e. The molecule has 0 aliphatic heterocycles. The van der Waals surface area contributed by atoms with Crippen molar-refractivity contribution in [3.8, 4) is 10.6 Å². The van der Waals surface area contributed by atoms with Gasteiger partial charge in [0.05, 0.1) is 10.2 Å². The molecule has 3 heteroatoms. The van der Waals surface area contributed by atoms with Crippen LogP contribution in [0, 0.1) is 6.92 Å². The average Bonchev–Trinajstić information content (AvgIpc) is 3.01. The molecule has 0 saturated carbocycles. The SMILES string of the molecule is CCCCOCCCc1ccc(-c2nc3ccc(C)cc3s2)cc1. The van der Waals surface area contributed by atoms with E-state index in [1.807, 2.05) is 0 Å². The monoisotopic (exact) mass is 339 g/mol. The van der Waals surface area contributed by atoms with Crippen LogP contribution in [-0.4, -0.2) is 18.2 Å². The van der Waals surface area contributed by atoms with Crippen LogP contribution in [0.25, 0.3) is 20.8 Å². The number of fused-ring (bicyclic) bond motifs is 1. The minimum atomic E-state index is 0.860. The van der Waals surface area contributed by atoms with Crippen molar-refractivity contribution in [1.29, 1.82) is 0 Å². The van der Waals surface area contributed by atoms with Gasteiger partial charge < -0.3 is 4.74 Å². The van der Waals surface area contributed by atoms with E-state index in [0.717, 1.165) is 43.0 Å². The fourth-order valence-corrected chi connectivity index (χ4v) is 3.77. The molecule has 126 valence electrons. The molecule has 0 aliphatic rings. The summed E-state index contributed by atoms with van der Waals surface area (Å²) in [6, 6.07) is 15.3. The van der Waals surface area contributed by atoms with Crippen molar-refractivity contribution >= 4 is 21.6 Å². The van der Waals surface area contributed by atoms with Gasteiger partial charge in [-0.15, -0.1) is 11.3 Å². The highest BCUT2D eigenvalue weighted by atomic mass is 32.1. The zero-order valence-electron chi connectivity index (χ0n) is 14.5. The summed E-state index contributed by atoms with van der Waals surface area (Å²) in [5.41, 5.74) is 4.95. The van der Waals surface area contributed by atoms with Crippen molar-refractivity contribution in [3.63, 3.8) is 0 Å². The van der Waals surface area contributed by atoms with Crippen LogP contribution in [0.3, 0.4) is 0 Å². The summed E-state index contributed by atoms with van der Waals surface area (Å²) in [6.45, 7) is 6.07. The van der Waals surface area contributed by atoms with Crippen LogP contribution in [0.5, 0.6) is 0 Å². The van der Waals surface area contributed by atoms with Gasteiger partial charge in [-0.3, -0.25) is 0 Å². The maximum absolute atomic E-state index is 5.62. The molecule has 0 radical (unpaired) electrons. The third-order valence-corrected chi connectivity index (χ3v) is 5.21. The van der Waals surface area contributed by atoms with Crippen LogP contribution >= 0.6 is 11.3 Å². The van der Waals surface area contributed by atoms with E-state index in [1.54, 1.807) is 11.3 Å². The van der Waals surface area contributed by atoms with Gasteiger partial charge in [0.25, 0.3) is 0 Å². The Kier molecular flexibility index (Phi) is 6.00. The Morgan fingerprint density at radius 3 is 2.58 bits per heavy atom. The highest BCUT2D eigenvalue weighted by Crippen LogP contribution is 2.30. The lowest BCUT2D eigenvalue weighted by Gasteiger charge is -2.04. The second-order valence-corrected chi connectivity index (χ2v) is 7.29. The Balaban J connectivity index is 1.59. The number of ether oxygens (including phenoxy) is 1. The van der Waals surface area contributed by atoms with E-state index in [-0.39, 0.29) is 0 Å². The number of aryl methyl sites for hydroxylation is 2. The Morgan fingerprint density at radius 2 is 1.79 bits per heavy atom. The Labute approximate surface area is 148 Å². The molecule has 0 atom stereocenters. The second-order valence-electron chi connectivity index (χ2n) is 6.26. The number of benzene rings is 2. The molecule has 0 fully saturated rings. The smallest absolute Gasteiger partial charge is 0.124 e. The number of hydrogen-bond acceptors (Lipinski definition) is 3. The van der Waals surface area contributed by atoms with Crippen LogP contribution in [-0.2, 0) is 11.2 Å². The van der Waals surface area contributed by atoms with E-state index in [0.29, 0.717) is 0 Å². The molecule has 1 aromatic heterocycles. The van der Waals surface area contributed by atoms with E-state index >= 15 is 0 Å². The van der Waals surface area contributed by atoms with Crippen molar-refractivity contribution in [1.82, 2.24) is 4.98 Å². The van der Waals surface area contributed by atoms with Crippen LogP contribution in [0.1, 0.15) is 37.3 Å². The van der Waals surface area contributed by atoms with E-state index in [2.05, 4.69) is 56.3 Å². The van der Waals surface area contributed by atoms with E-state index < -0.39 is 0 Å². The standard InChI is InChI=1S/C21H25NOS/c1-3-4-13-23-14-5-6-17-8-10-18(11-9-17)21-22-19-12-7-16(2)15-20(19)24-21/h7-12,15H,3-6,13-14H2,1-2H3. The summed E-state index contributed by atoms with van der Waals surface area (Å²) in [7, 11) is 0. The fraction of sp³-hybridized carbons (Fsp3) is 0.381. The van der Waals surface area contributed by atoms with Gasteiger partial charge in [0.15, 0.2) is 0 Å². The molecular formula is C21H25NOS. The lowest BCUT2D eigenvalue weighted by Crippen LogP contribution is -1.98. The normalized spacial score (nSPS) is 11.2.